The molecule has 0 fully saturated rings. The number of hydrogen-bond acceptors (Lipinski definition) is 3. The molecule has 0 aliphatic heterocycles. The molecule has 0 saturated carbocycles. The Morgan fingerprint density at radius 1 is 1.47 bits per heavy atom. The van der Waals surface area contributed by atoms with Gasteiger partial charge in [-0.3, -0.25) is 4.98 Å². The fourth-order valence-corrected chi connectivity index (χ4v) is 1.91. The van der Waals surface area contributed by atoms with Crippen LogP contribution in [0.4, 0.5) is 0 Å². The van der Waals surface area contributed by atoms with E-state index >= 15 is 0 Å². The van der Waals surface area contributed by atoms with E-state index in [1.165, 1.54) is 6.07 Å². The molecule has 78 valence electrons. The number of aromatic amines is 1. The molecule has 0 aliphatic carbocycles. The number of aryl methyl sites for hydroxylation is 1. The predicted octanol–water partition coefficient (Wildman–Crippen LogP) is 2.21. The third-order valence-corrected chi connectivity index (χ3v) is 3.63. The number of rotatable bonds is 0. The molecule has 0 spiro atoms. The Bertz CT molecular complexity index is 659. The maximum Gasteiger partial charge on any atom is 0.419 e. The minimum absolute atomic E-state index is 0.264. The SMILES string of the molecule is Cc1c(Br)c(Cl)cc2c(=O)oc(=O)[nH]c12. The van der Waals surface area contributed by atoms with E-state index in [4.69, 9.17) is 11.6 Å². The van der Waals surface area contributed by atoms with Crippen molar-refractivity contribution in [1.29, 1.82) is 0 Å². The van der Waals surface area contributed by atoms with Gasteiger partial charge in [0.25, 0.3) is 0 Å². The van der Waals surface area contributed by atoms with E-state index < -0.39 is 11.4 Å². The minimum atomic E-state index is -0.773. The normalized spacial score (nSPS) is 10.9. The molecule has 2 rings (SSSR count). The van der Waals surface area contributed by atoms with Gasteiger partial charge in [0.05, 0.1) is 15.9 Å². The van der Waals surface area contributed by atoms with Gasteiger partial charge in [0.1, 0.15) is 0 Å². The molecule has 0 saturated heterocycles. The number of halogens is 2. The number of aromatic nitrogens is 1. The Hall–Kier alpha value is -1.07. The average Bonchev–Trinajstić information content (AvgIpc) is 2.17. The third-order valence-electron chi connectivity index (χ3n) is 2.09. The lowest BCUT2D eigenvalue weighted by Crippen LogP contribution is -2.15. The zero-order valence-electron chi connectivity index (χ0n) is 7.56. The van der Waals surface area contributed by atoms with Gasteiger partial charge in [0, 0.05) is 4.47 Å². The van der Waals surface area contributed by atoms with Crippen molar-refractivity contribution in [3.05, 3.63) is 42.1 Å². The largest absolute Gasteiger partial charge is 0.419 e. The number of benzene rings is 1. The zero-order chi connectivity index (χ0) is 11.2. The van der Waals surface area contributed by atoms with Gasteiger partial charge >= 0.3 is 11.4 Å². The predicted molar refractivity (Wildman–Crippen MR) is 60.6 cm³/mol. The maximum atomic E-state index is 11.4. The summed E-state index contributed by atoms with van der Waals surface area (Å²) in [6, 6.07) is 1.45. The van der Waals surface area contributed by atoms with Crippen molar-refractivity contribution in [3.8, 4) is 0 Å². The van der Waals surface area contributed by atoms with Crippen molar-refractivity contribution in [2.45, 2.75) is 6.92 Å². The molecule has 15 heavy (non-hydrogen) atoms. The molecule has 0 aliphatic rings. The summed E-state index contributed by atoms with van der Waals surface area (Å²) >= 11 is 9.15. The quantitative estimate of drug-likeness (QED) is 0.809. The molecule has 1 aromatic heterocycles. The minimum Gasteiger partial charge on any atom is -0.372 e. The molecular weight excluding hydrogens is 285 g/mol. The lowest BCUT2D eigenvalue weighted by Gasteiger charge is -2.04. The Kier molecular flexibility index (Phi) is 2.44. The van der Waals surface area contributed by atoms with Gasteiger partial charge in [0.15, 0.2) is 0 Å². The molecule has 0 radical (unpaired) electrons. The van der Waals surface area contributed by atoms with Gasteiger partial charge < -0.3 is 4.42 Å². The first-order chi connectivity index (χ1) is 7.00. The second kappa shape index (κ2) is 3.50. The second-order valence-electron chi connectivity index (χ2n) is 3.02. The Morgan fingerprint density at radius 2 is 2.13 bits per heavy atom. The molecule has 1 aromatic carbocycles. The van der Waals surface area contributed by atoms with Crippen LogP contribution < -0.4 is 11.4 Å². The van der Waals surface area contributed by atoms with Crippen LogP contribution in [0, 0.1) is 6.92 Å². The zero-order valence-corrected chi connectivity index (χ0v) is 9.90. The van der Waals surface area contributed by atoms with E-state index in [1.807, 2.05) is 0 Å². The van der Waals surface area contributed by atoms with Gasteiger partial charge in [-0.15, -0.1) is 0 Å². The summed E-state index contributed by atoms with van der Waals surface area (Å²) in [4.78, 5) is 24.8. The Morgan fingerprint density at radius 3 is 2.80 bits per heavy atom. The lowest BCUT2D eigenvalue weighted by atomic mass is 10.1. The highest BCUT2D eigenvalue weighted by Crippen LogP contribution is 2.30. The topological polar surface area (TPSA) is 63.1 Å². The van der Waals surface area contributed by atoms with Crippen LogP contribution in [0.15, 0.2) is 24.5 Å². The summed E-state index contributed by atoms with van der Waals surface area (Å²) in [6.45, 7) is 1.74. The fourth-order valence-electron chi connectivity index (χ4n) is 1.34. The monoisotopic (exact) mass is 289 g/mol. The Balaban J connectivity index is 3.12. The average molecular weight is 290 g/mol. The van der Waals surface area contributed by atoms with E-state index in [0.29, 0.717) is 20.6 Å². The van der Waals surface area contributed by atoms with Crippen LogP contribution in [0.3, 0.4) is 0 Å². The molecule has 1 heterocycles. The lowest BCUT2D eigenvalue weighted by molar-refractivity contribution is 0.460. The van der Waals surface area contributed by atoms with Gasteiger partial charge in [0.2, 0.25) is 0 Å². The highest BCUT2D eigenvalue weighted by Gasteiger charge is 2.11. The van der Waals surface area contributed by atoms with Crippen molar-refractivity contribution >= 4 is 38.4 Å². The third kappa shape index (κ3) is 1.61. The summed E-state index contributed by atoms with van der Waals surface area (Å²) < 4.78 is 5.05. The van der Waals surface area contributed by atoms with E-state index in [9.17, 15) is 9.59 Å². The van der Waals surface area contributed by atoms with E-state index in [2.05, 4.69) is 25.3 Å². The molecule has 4 nitrogen and oxygen atoms in total. The molecule has 0 amide bonds. The summed E-state index contributed by atoms with van der Waals surface area (Å²) in [5, 5.41) is 0.666. The van der Waals surface area contributed by atoms with E-state index in [1.54, 1.807) is 6.92 Å². The summed E-state index contributed by atoms with van der Waals surface area (Å²) in [7, 11) is 0. The molecule has 0 bridgehead atoms. The van der Waals surface area contributed by atoms with Gasteiger partial charge in [-0.1, -0.05) is 11.6 Å². The van der Waals surface area contributed by atoms with Gasteiger partial charge in [-0.25, -0.2) is 9.59 Å². The van der Waals surface area contributed by atoms with Crippen molar-refractivity contribution in [1.82, 2.24) is 4.98 Å². The van der Waals surface area contributed by atoms with Gasteiger partial charge in [-0.2, -0.15) is 0 Å². The molecular formula is C9H5BrClNO3. The number of H-pyrrole nitrogens is 1. The Labute approximate surface area is 97.0 Å². The molecule has 6 heteroatoms. The van der Waals surface area contributed by atoms with Crippen LogP contribution in [0.25, 0.3) is 10.9 Å². The van der Waals surface area contributed by atoms with Crippen LogP contribution in [0.5, 0.6) is 0 Å². The number of nitrogens with one attached hydrogen (secondary N) is 1. The fraction of sp³-hybridized carbons (Fsp3) is 0.111. The summed E-state index contributed by atoms with van der Waals surface area (Å²) in [6.07, 6.45) is 0. The van der Waals surface area contributed by atoms with Crippen molar-refractivity contribution in [2.24, 2.45) is 0 Å². The van der Waals surface area contributed by atoms with Crippen LogP contribution in [-0.2, 0) is 0 Å². The molecule has 1 N–H and O–H groups in total. The second-order valence-corrected chi connectivity index (χ2v) is 4.22. The molecule has 0 unspecified atom stereocenters. The smallest absolute Gasteiger partial charge is 0.372 e. The summed E-state index contributed by atoms with van der Waals surface area (Å²) in [5.41, 5.74) is 0.446. The van der Waals surface area contributed by atoms with E-state index in [0.717, 1.165) is 0 Å². The van der Waals surface area contributed by atoms with Crippen LogP contribution >= 0.6 is 27.5 Å². The maximum absolute atomic E-state index is 11.4. The first kappa shape index (κ1) is 10.4. The van der Waals surface area contributed by atoms with Crippen molar-refractivity contribution in [2.75, 3.05) is 0 Å². The van der Waals surface area contributed by atoms with Crippen LogP contribution in [-0.4, -0.2) is 4.98 Å². The number of hydrogen-bond donors (Lipinski definition) is 1. The van der Waals surface area contributed by atoms with Crippen LogP contribution in [0.2, 0.25) is 5.02 Å². The van der Waals surface area contributed by atoms with Crippen molar-refractivity contribution < 1.29 is 4.42 Å². The highest BCUT2D eigenvalue weighted by molar-refractivity contribution is 9.10. The van der Waals surface area contributed by atoms with Crippen molar-refractivity contribution in [3.63, 3.8) is 0 Å². The molecule has 0 atom stereocenters. The highest BCUT2D eigenvalue weighted by atomic mass is 79.9. The number of fused-ring (bicyclic) bond motifs is 1. The molecule has 2 aromatic rings. The van der Waals surface area contributed by atoms with Crippen LogP contribution in [0.1, 0.15) is 5.56 Å². The van der Waals surface area contributed by atoms with Gasteiger partial charge in [-0.05, 0) is 34.5 Å². The standard InChI is InChI=1S/C9H5BrClNO3/c1-3-6(10)5(11)2-4-7(3)12-9(14)15-8(4)13/h2H,1H3,(H,12,14). The summed E-state index contributed by atoms with van der Waals surface area (Å²) in [5.74, 6) is -0.773. The van der Waals surface area contributed by atoms with E-state index in [-0.39, 0.29) is 5.39 Å². The first-order valence-electron chi connectivity index (χ1n) is 4.02. The first-order valence-corrected chi connectivity index (χ1v) is 5.19.